The van der Waals surface area contributed by atoms with Crippen LogP contribution in [0.5, 0.6) is 0 Å². The van der Waals surface area contributed by atoms with Gasteiger partial charge in [0.25, 0.3) is 0 Å². The van der Waals surface area contributed by atoms with Gasteiger partial charge in [-0.2, -0.15) is 0 Å². The van der Waals surface area contributed by atoms with E-state index in [0.29, 0.717) is 23.4 Å². The Morgan fingerprint density at radius 3 is 2.54 bits per heavy atom. The molecule has 2 amide bonds. The van der Waals surface area contributed by atoms with Crippen molar-refractivity contribution < 1.29 is 9.59 Å². The molecule has 0 atom stereocenters. The number of benzene rings is 1. The van der Waals surface area contributed by atoms with E-state index in [1.807, 2.05) is 28.8 Å². The van der Waals surface area contributed by atoms with E-state index in [4.69, 9.17) is 5.73 Å². The number of carbonyl (C=O) groups excluding carboxylic acids is 2. The number of amides is 2. The first kappa shape index (κ1) is 21.9. The largest absolute Gasteiger partial charge is 0.370 e. The highest BCUT2D eigenvalue weighted by molar-refractivity contribution is 7.99. The van der Waals surface area contributed by atoms with Crippen LogP contribution in [0.15, 0.2) is 29.4 Å². The quantitative estimate of drug-likeness (QED) is 0.593. The maximum absolute atomic E-state index is 12.5. The van der Waals surface area contributed by atoms with Crippen molar-refractivity contribution in [3.05, 3.63) is 35.7 Å². The number of carbonyl (C=O) groups is 2. The van der Waals surface area contributed by atoms with Crippen LogP contribution >= 0.6 is 11.8 Å². The molecule has 2 rings (SSSR count). The molecular formula is C20H29N5O2S. The first-order chi connectivity index (χ1) is 13.3. The number of thioether (sulfide) groups is 1. The zero-order valence-corrected chi connectivity index (χ0v) is 17.8. The van der Waals surface area contributed by atoms with Crippen molar-refractivity contribution in [1.82, 2.24) is 14.8 Å². The average Bonchev–Trinajstić information content (AvgIpc) is 2.99. The lowest BCUT2D eigenvalue weighted by Gasteiger charge is -2.14. The summed E-state index contributed by atoms with van der Waals surface area (Å²) in [5.41, 5.74) is 7.20. The van der Waals surface area contributed by atoms with Gasteiger partial charge in [-0.3, -0.25) is 9.59 Å². The van der Waals surface area contributed by atoms with E-state index in [9.17, 15) is 9.59 Å². The Labute approximate surface area is 170 Å². The fraction of sp³-hybridized carbons (Fsp3) is 0.500. The van der Waals surface area contributed by atoms with E-state index in [2.05, 4.69) is 43.2 Å². The van der Waals surface area contributed by atoms with Gasteiger partial charge in [-0.05, 0) is 23.5 Å². The summed E-state index contributed by atoms with van der Waals surface area (Å²) in [4.78, 5) is 23.5. The third-order valence-corrected chi connectivity index (χ3v) is 5.09. The fourth-order valence-corrected chi connectivity index (χ4v) is 3.59. The number of nitrogens with zero attached hydrogens (tertiary/aromatic N) is 3. The summed E-state index contributed by atoms with van der Waals surface area (Å²) in [6.07, 6.45) is 0.678. The molecule has 8 heteroatoms. The van der Waals surface area contributed by atoms with Gasteiger partial charge >= 0.3 is 0 Å². The van der Waals surface area contributed by atoms with Crippen LogP contribution < -0.4 is 11.1 Å². The number of rotatable bonds is 10. The predicted octanol–water partition coefficient (Wildman–Crippen LogP) is 3.21. The average molecular weight is 404 g/mol. The minimum absolute atomic E-state index is 0.0871. The molecule has 7 nitrogen and oxygen atoms in total. The number of aromatic nitrogens is 3. The molecule has 2 aromatic rings. The number of nitrogens with two attached hydrogens (primary N) is 1. The third kappa shape index (κ3) is 6.37. The smallest absolute Gasteiger partial charge is 0.234 e. The zero-order chi connectivity index (χ0) is 20.7. The van der Waals surface area contributed by atoms with E-state index >= 15 is 0 Å². The summed E-state index contributed by atoms with van der Waals surface area (Å²) in [5, 5.41) is 12.1. The molecule has 1 aromatic carbocycles. The van der Waals surface area contributed by atoms with Gasteiger partial charge < -0.3 is 15.6 Å². The summed E-state index contributed by atoms with van der Waals surface area (Å²) in [6, 6.07) is 7.83. The molecule has 0 spiro atoms. The number of para-hydroxylation sites is 1. The van der Waals surface area contributed by atoms with Crippen molar-refractivity contribution in [3.8, 4) is 0 Å². The highest BCUT2D eigenvalue weighted by Gasteiger charge is 2.16. The lowest BCUT2D eigenvalue weighted by atomic mass is 10.0. The van der Waals surface area contributed by atoms with Gasteiger partial charge in [-0.1, -0.05) is 57.7 Å². The van der Waals surface area contributed by atoms with E-state index in [-0.39, 0.29) is 24.0 Å². The van der Waals surface area contributed by atoms with E-state index in [1.165, 1.54) is 11.8 Å². The molecule has 0 radical (unpaired) electrons. The van der Waals surface area contributed by atoms with Crippen LogP contribution in [0.3, 0.4) is 0 Å². The maximum Gasteiger partial charge on any atom is 0.234 e. The third-order valence-electron chi connectivity index (χ3n) is 4.13. The van der Waals surface area contributed by atoms with Crippen LogP contribution in [-0.2, 0) is 22.6 Å². The van der Waals surface area contributed by atoms with Crippen molar-refractivity contribution in [2.45, 2.75) is 58.2 Å². The lowest BCUT2D eigenvalue weighted by Crippen LogP contribution is -2.17. The van der Waals surface area contributed by atoms with Crippen molar-refractivity contribution in [3.63, 3.8) is 0 Å². The molecule has 0 fully saturated rings. The molecule has 0 aliphatic carbocycles. The second-order valence-electron chi connectivity index (χ2n) is 7.45. The predicted molar refractivity (Wildman–Crippen MR) is 112 cm³/mol. The van der Waals surface area contributed by atoms with E-state index < -0.39 is 0 Å². The molecule has 1 aromatic heterocycles. The minimum Gasteiger partial charge on any atom is -0.370 e. The van der Waals surface area contributed by atoms with Crippen molar-refractivity contribution in [1.29, 1.82) is 0 Å². The van der Waals surface area contributed by atoms with Crippen LogP contribution in [0.2, 0.25) is 0 Å². The van der Waals surface area contributed by atoms with Gasteiger partial charge in [0.2, 0.25) is 11.8 Å². The summed E-state index contributed by atoms with van der Waals surface area (Å²) < 4.78 is 1.98. The zero-order valence-electron chi connectivity index (χ0n) is 16.9. The second-order valence-corrected chi connectivity index (χ2v) is 8.39. The Balaban J connectivity index is 2.05. The Hall–Kier alpha value is -2.35. The van der Waals surface area contributed by atoms with Crippen molar-refractivity contribution in [2.75, 3.05) is 11.1 Å². The summed E-state index contributed by atoms with van der Waals surface area (Å²) in [6.45, 7) is 9.12. The molecule has 0 aliphatic rings. The Morgan fingerprint density at radius 1 is 1.18 bits per heavy atom. The van der Waals surface area contributed by atoms with Crippen LogP contribution in [0, 0.1) is 5.92 Å². The molecule has 1 heterocycles. The normalized spacial score (nSPS) is 11.2. The number of nitrogens with one attached hydrogen (secondary N) is 1. The lowest BCUT2D eigenvalue weighted by molar-refractivity contribution is -0.118. The number of aryl methyl sites for hydroxylation is 1. The maximum atomic E-state index is 12.5. The first-order valence-corrected chi connectivity index (χ1v) is 10.5. The Kier molecular flexibility index (Phi) is 8.04. The summed E-state index contributed by atoms with van der Waals surface area (Å²) in [5.74, 6) is 1.21. The van der Waals surface area contributed by atoms with Gasteiger partial charge in [0.15, 0.2) is 5.16 Å². The van der Waals surface area contributed by atoms with Gasteiger partial charge in [0.05, 0.1) is 5.75 Å². The molecule has 3 N–H and O–H groups in total. The summed E-state index contributed by atoms with van der Waals surface area (Å²) >= 11 is 1.35. The molecule has 0 unspecified atom stereocenters. The number of hydrogen-bond donors (Lipinski definition) is 2. The highest BCUT2D eigenvalue weighted by Crippen LogP contribution is 2.25. The number of hydrogen-bond acceptors (Lipinski definition) is 5. The number of primary amides is 1. The summed E-state index contributed by atoms with van der Waals surface area (Å²) in [7, 11) is 0. The van der Waals surface area contributed by atoms with Crippen LogP contribution in [0.25, 0.3) is 0 Å². The highest BCUT2D eigenvalue weighted by atomic mass is 32.2. The van der Waals surface area contributed by atoms with Crippen molar-refractivity contribution in [2.24, 2.45) is 11.7 Å². The SMILES string of the molecule is CC(C)Cn1c(CCC(N)=O)nnc1SCC(=O)Nc1ccccc1C(C)C. The van der Waals surface area contributed by atoms with E-state index in [0.717, 1.165) is 23.6 Å². The van der Waals surface area contributed by atoms with Crippen LogP contribution in [0.1, 0.15) is 51.4 Å². The van der Waals surface area contributed by atoms with Gasteiger partial charge in [-0.15, -0.1) is 10.2 Å². The molecule has 0 saturated carbocycles. The fourth-order valence-electron chi connectivity index (χ4n) is 2.82. The Bertz CT molecular complexity index is 817. The monoisotopic (exact) mass is 403 g/mol. The minimum atomic E-state index is -0.364. The number of anilines is 1. The standard InChI is InChI=1S/C20H29N5O2S/c1-13(2)11-25-18(10-9-17(21)26)23-24-20(25)28-12-19(27)22-16-8-6-5-7-15(16)14(3)4/h5-8,13-14H,9-12H2,1-4H3,(H2,21,26)(H,22,27). The van der Waals surface area contributed by atoms with Gasteiger partial charge in [0.1, 0.15) is 5.82 Å². The topological polar surface area (TPSA) is 103 Å². The van der Waals surface area contributed by atoms with Gasteiger partial charge in [0, 0.05) is 25.1 Å². The molecule has 0 aliphatic heterocycles. The van der Waals surface area contributed by atoms with Gasteiger partial charge in [-0.25, -0.2) is 0 Å². The van der Waals surface area contributed by atoms with E-state index in [1.54, 1.807) is 0 Å². The first-order valence-electron chi connectivity index (χ1n) is 9.49. The molecule has 0 bridgehead atoms. The molecular weight excluding hydrogens is 374 g/mol. The van der Waals surface area contributed by atoms with Crippen LogP contribution in [0.4, 0.5) is 5.69 Å². The Morgan fingerprint density at radius 2 is 1.89 bits per heavy atom. The second kappa shape index (κ2) is 10.3. The molecule has 152 valence electrons. The van der Waals surface area contributed by atoms with Crippen LogP contribution in [-0.4, -0.2) is 32.3 Å². The molecule has 28 heavy (non-hydrogen) atoms. The molecule has 0 saturated heterocycles. The van der Waals surface area contributed by atoms with Crippen molar-refractivity contribution >= 4 is 29.3 Å².